The first-order chi connectivity index (χ1) is 17.4. The van der Waals surface area contributed by atoms with Crippen molar-refractivity contribution in [2.75, 3.05) is 5.32 Å². The molecule has 0 saturated heterocycles. The van der Waals surface area contributed by atoms with E-state index in [1.807, 2.05) is 48.5 Å². The third kappa shape index (κ3) is 5.13. The van der Waals surface area contributed by atoms with E-state index in [1.54, 1.807) is 12.1 Å². The molecule has 5 rings (SSSR count). The van der Waals surface area contributed by atoms with E-state index in [2.05, 4.69) is 10.6 Å². The summed E-state index contributed by atoms with van der Waals surface area (Å²) in [6, 6.07) is 26.1. The van der Waals surface area contributed by atoms with Crippen LogP contribution in [0.1, 0.15) is 31.8 Å². The van der Waals surface area contributed by atoms with Crippen LogP contribution < -0.4 is 16.4 Å². The summed E-state index contributed by atoms with van der Waals surface area (Å²) < 4.78 is 26.2. The van der Waals surface area contributed by atoms with Gasteiger partial charge in [0.2, 0.25) is 9.84 Å². The fraction of sp³-hybridized carbons (Fsp3) is 0.0714. The predicted octanol–water partition coefficient (Wildman–Crippen LogP) is 4.56. The first-order valence-electron chi connectivity index (χ1n) is 11.3. The van der Waals surface area contributed by atoms with Gasteiger partial charge in [0.05, 0.1) is 21.0 Å². The van der Waals surface area contributed by atoms with Gasteiger partial charge in [-0.2, -0.15) is 0 Å². The van der Waals surface area contributed by atoms with Crippen LogP contribution in [-0.4, -0.2) is 20.2 Å². The maximum absolute atomic E-state index is 13.1. The second kappa shape index (κ2) is 10.6. The van der Waals surface area contributed by atoms with Crippen molar-refractivity contribution in [3.05, 3.63) is 113 Å². The van der Waals surface area contributed by atoms with E-state index < -0.39 is 15.7 Å². The lowest BCUT2D eigenvalue weighted by Crippen LogP contribution is -2.23. The van der Waals surface area contributed by atoms with E-state index in [0.717, 1.165) is 22.3 Å². The second-order valence-electron chi connectivity index (χ2n) is 8.45. The van der Waals surface area contributed by atoms with E-state index >= 15 is 0 Å². The van der Waals surface area contributed by atoms with Gasteiger partial charge < -0.3 is 16.4 Å². The molecule has 4 aromatic carbocycles. The molecule has 9 heteroatoms. The van der Waals surface area contributed by atoms with Crippen LogP contribution in [0, 0.1) is 0 Å². The number of halogens is 1. The van der Waals surface area contributed by atoms with Crippen LogP contribution in [0.15, 0.2) is 101 Å². The smallest absolute Gasteiger partial charge is 0.257 e. The number of nitrogens with one attached hydrogen (secondary N) is 2. The first-order valence-corrected chi connectivity index (χ1v) is 12.8. The largest absolute Gasteiger partial charge is 0.348 e. The number of amides is 2. The number of benzene rings is 4. The van der Waals surface area contributed by atoms with Gasteiger partial charge in [-0.3, -0.25) is 9.59 Å². The minimum absolute atomic E-state index is 0. The van der Waals surface area contributed by atoms with E-state index in [4.69, 9.17) is 5.73 Å². The minimum Gasteiger partial charge on any atom is -0.348 e. The van der Waals surface area contributed by atoms with Gasteiger partial charge in [0.1, 0.15) is 0 Å². The number of hydrogen-bond acceptors (Lipinski definition) is 5. The maximum Gasteiger partial charge on any atom is 0.257 e. The molecule has 188 valence electrons. The molecular weight excluding hydrogens is 510 g/mol. The van der Waals surface area contributed by atoms with Crippen molar-refractivity contribution in [2.45, 2.75) is 22.9 Å². The third-order valence-corrected chi connectivity index (χ3v) is 8.00. The van der Waals surface area contributed by atoms with Crippen molar-refractivity contribution in [2.24, 2.45) is 5.73 Å². The number of anilines is 1. The highest BCUT2D eigenvalue weighted by Crippen LogP contribution is 2.34. The number of nitrogens with two attached hydrogens (primary N) is 1. The van der Waals surface area contributed by atoms with Gasteiger partial charge in [-0.25, -0.2) is 8.42 Å². The van der Waals surface area contributed by atoms with Crippen molar-refractivity contribution in [1.29, 1.82) is 0 Å². The van der Waals surface area contributed by atoms with Crippen molar-refractivity contribution in [3.63, 3.8) is 0 Å². The number of rotatable bonds is 5. The topological polar surface area (TPSA) is 118 Å². The summed E-state index contributed by atoms with van der Waals surface area (Å²) in [5, 5.41) is 5.47. The highest BCUT2D eigenvalue weighted by atomic mass is 35.5. The number of sulfone groups is 1. The monoisotopic (exact) mass is 533 g/mol. The molecule has 0 bridgehead atoms. The van der Waals surface area contributed by atoms with Gasteiger partial charge in [-0.15, -0.1) is 12.4 Å². The molecule has 4 N–H and O–H groups in total. The molecule has 0 fully saturated rings. The molecule has 0 radical (unpaired) electrons. The van der Waals surface area contributed by atoms with Gasteiger partial charge in [-0.1, -0.05) is 60.7 Å². The standard InChI is InChI=1S/C28H23N3O4S.ClH/c29-16-18-5-9-20(10-6-18)21-11-7-19(8-12-21)17-30-27(32)22-13-14-26-24(15-22)31-28(33)23-3-1-2-4-25(23)36(26,34)35;/h1-15H,16-17,29H2,(H,30,32)(H,31,33);1H. The fourth-order valence-corrected chi connectivity index (χ4v) is 5.72. The second-order valence-corrected chi connectivity index (χ2v) is 10.3. The average molecular weight is 534 g/mol. The lowest BCUT2D eigenvalue weighted by molar-refractivity contribution is 0.0949. The molecule has 1 aliphatic rings. The number of carbonyl (C=O) groups excluding carboxylic acids is 2. The van der Waals surface area contributed by atoms with Gasteiger partial charge in [0.25, 0.3) is 11.8 Å². The zero-order chi connectivity index (χ0) is 25.3. The Bertz CT molecular complexity index is 1590. The molecular formula is C28H24ClN3O4S. The van der Waals surface area contributed by atoms with Crippen LogP contribution in [0.4, 0.5) is 5.69 Å². The molecule has 1 heterocycles. The Hall–Kier alpha value is -3.98. The summed E-state index contributed by atoms with van der Waals surface area (Å²) in [5.74, 6) is -0.920. The highest BCUT2D eigenvalue weighted by Gasteiger charge is 2.31. The molecule has 0 unspecified atom stereocenters. The molecule has 1 aliphatic heterocycles. The Morgan fingerprint density at radius 2 is 1.43 bits per heavy atom. The maximum atomic E-state index is 13.1. The summed E-state index contributed by atoms with van der Waals surface area (Å²) in [6.07, 6.45) is 0. The van der Waals surface area contributed by atoms with E-state index in [-0.39, 0.29) is 44.9 Å². The summed E-state index contributed by atoms with van der Waals surface area (Å²) in [6.45, 7) is 0.789. The molecule has 4 aromatic rings. The summed E-state index contributed by atoms with van der Waals surface area (Å²) in [5.41, 5.74) is 10.1. The number of carbonyl (C=O) groups is 2. The normalized spacial score (nSPS) is 13.3. The Balaban J connectivity index is 0.00000320. The Kier molecular flexibility index (Phi) is 7.45. The van der Waals surface area contributed by atoms with Crippen LogP contribution in [0.5, 0.6) is 0 Å². The molecule has 0 aliphatic carbocycles. The van der Waals surface area contributed by atoms with E-state index in [1.165, 1.54) is 30.3 Å². The van der Waals surface area contributed by atoms with Crippen LogP contribution in [0.3, 0.4) is 0 Å². The molecule has 7 nitrogen and oxygen atoms in total. The van der Waals surface area contributed by atoms with Gasteiger partial charge >= 0.3 is 0 Å². The van der Waals surface area contributed by atoms with E-state index in [0.29, 0.717) is 13.1 Å². The molecule has 0 atom stereocenters. The van der Waals surface area contributed by atoms with Crippen LogP contribution in [0.2, 0.25) is 0 Å². The minimum atomic E-state index is -3.92. The fourth-order valence-electron chi connectivity index (χ4n) is 4.13. The van der Waals surface area contributed by atoms with Crippen LogP contribution in [0.25, 0.3) is 11.1 Å². The van der Waals surface area contributed by atoms with Crippen molar-refractivity contribution < 1.29 is 18.0 Å². The summed E-state index contributed by atoms with van der Waals surface area (Å²) in [7, 11) is -3.92. The molecule has 0 spiro atoms. The molecule has 0 aromatic heterocycles. The Labute approximate surface area is 221 Å². The van der Waals surface area contributed by atoms with Crippen LogP contribution >= 0.6 is 12.4 Å². The third-order valence-electron chi connectivity index (χ3n) is 6.13. The Morgan fingerprint density at radius 1 is 0.811 bits per heavy atom. The van der Waals surface area contributed by atoms with Gasteiger partial charge in [0, 0.05) is 18.7 Å². The van der Waals surface area contributed by atoms with Gasteiger partial charge in [0.15, 0.2) is 0 Å². The molecule has 37 heavy (non-hydrogen) atoms. The van der Waals surface area contributed by atoms with Gasteiger partial charge in [-0.05, 0) is 52.6 Å². The van der Waals surface area contributed by atoms with Crippen molar-refractivity contribution in [3.8, 4) is 11.1 Å². The summed E-state index contributed by atoms with van der Waals surface area (Å²) in [4.78, 5) is 25.3. The Morgan fingerprint density at radius 3 is 2.08 bits per heavy atom. The lowest BCUT2D eigenvalue weighted by atomic mass is 10.0. The quantitative estimate of drug-likeness (QED) is 0.347. The van der Waals surface area contributed by atoms with Crippen LogP contribution in [-0.2, 0) is 22.9 Å². The molecule has 2 amide bonds. The SMILES string of the molecule is Cl.NCc1ccc(-c2ccc(CNC(=O)c3ccc4c(c3)NC(=O)c3ccccc3S4(=O)=O)cc2)cc1. The number of hydrogen-bond donors (Lipinski definition) is 3. The first kappa shape index (κ1) is 26.1. The van der Waals surface area contributed by atoms with Crippen molar-refractivity contribution in [1.82, 2.24) is 5.32 Å². The molecule has 0 saturated carbocycles. The zero-order valence-electron chi connectivity index (χ0n) is 19.6. The predicted molar refractivity (Wildman–Crippen MR) is 144 cm³/mol. The average Bonchev–Trinajstić information content (AvgIpc) is 2.99. The number of fused-ring (bicyclic) bond motifs is 2. The summed E-state index contributed by atoms with van der Waals surface area (Å²) >= 11 is 0. The lowest BCUT2D eigenvalue weighted by Gasteiger charge is -2.11. The van der Waals surface area contributed by atoms with Crippen molar-refractivity contribution >= 4 is 39.7 Å². The highest BCUT2D eigenvalue weighted by molar-refractivity contribution is 7.91. The zero-order valence-corrected chi connectivity index (χ0v) is 21.2. The van der Waals surface area contributed by atoms with E-state index in [9.17, 15) is 18.0 Å².